The van der Waals surface area contributed by atoms with Crippen LogP contribution in [0.4, 0.5) is 14.0 Å². The quantitative estimate of drug-likeness (QED) is 0.144. The van der Waals surface area contributed by atoms with Crippen molar-refractivity contribution in [1.82, 2.24) is 40.4 Å². The van der Waals surface area contributed by atoms with Crippen molar-refractivity contribution in [2.75, 3.05) is 27.3 Å². The molecule has 7 rings (SSSR count). The van der Waals surface area contributed by atoms with Gasteiger partial charge in [0, 0.05) is 35.3 Å². The van der Waals surface area contributed by atoms with Gasteiger partial charge in [-0.2, -0.15) is 0 Å². The van der Waals surface area contributed by atoms with Crippen LogP contribution in [0.1, 0.15) is 82.7 Å². The Kier molecular flexibility index (Phi) is 11.2. The molecule has 4 atom stereocenters. The van der Waals surface area contributed by atoms with Crippen molar-refractivity contribution < 1.29 is 37.8 Å². The number of halogens is 1. The molecule has 15 nitrogen and oxygen atoms in total. The van der Waals surface area contributed by atoms with Crippen molar-refractivity contribution in [2.24, 2.45) is 11.8 Å². The summed E-state index contributed by atoms with van der Waals surface area (Å²) in [7, 11) is 2.53. The fourth-order valence-electron chi connectivity index (χ4n) is 8.09. The Labute approximate surface area is 330 Å². The molecule has 302 valence electrons. The highest BCUT2D eigenvalue weighted by molar-refractivity contribution is 5.87. The van der Waals surface area contributed by atoms with Crippen LogP contribution in [0.15, 0.2) is 42.7 Å². The number of rotatable bonds is 10. The highest BCUT2D eigenvalue weighted by atomic mass is 19.1. The number of fused-ring (bicyclic) bond motifs is 3. The van der Waals surface area contributed by atoms with Crippen LogP contribution in [-0.2, 0) is 25.7 Å². The number of likely N-dealkylation sites (tertiary alicyclic amines) is 2. The molecule has 5 heterocycles. The molecule has 0 saturated carbocycles. The Balaban J connectivity index is 1.08. The van der Waals surface area contributed by atoms with Crippen LogP contribution in [0, 0.1) is 17.7 Å². The van der Waals surface area contributed by atoms with Gasteiger partial charge in [0.15, 0.2) is 0 Å². The first-order chi connectivity index (χ1) is 27.4. The number of nitrogens with one attached hydrogen (secondary N) is 4. The lowest BCUT2D eigenvalue weighted by atomic mass is 9.93. The number of nitrogens with zero attached hydrogens (tertiary/aromatic N) is 4. The van der Waals surface area contributed by atoms with Crippen LogP contribution in [-0.4, -0.2) is 93.1 Å². The SMILES string of the molecule is COC(=O)N[C@H](C(=O)N1CCC[C@H]1c1ncc(-c2ccc3c(c2)OCc2c-3ccc(-c3cnc([C@@H]4CCCN4C(=O)[C@@H](NC(=O)OC)C(C)C)[nH]3)c2F)[nH]1)C(C)C. The molecule has 4 amide bonds. The lowest BCUT2D eigenvalue weighted by molar-refractivity contribution is -0.136. The molecule has 2 fully saturated rings. The van der Waals surface area contributed by atoms with E-state index in [1.165, 1.54) is 14.2 Å². The lowest BCUT2D eigenvalue weighted by Crippen LogP contribution is -2.51. The fraction of sp³-hybridized carbons (Fsp3) is 0.463. The topological polar surface area (TPSA) is 184 Å². The highest BCUT2D eigenvalue weighted by Gasteiger charge is 2.39. The molecule has 57 heavy (non-hydrogen) atoms. The van der Waals surface area contributed by atoms with Gasteiger partial charge in [-0.05, 0) is 61.3 Å². The van der Waals surface area contributed by atoms with E-state index in [4.69, 9.17) is 14.2 Å². The number of aromatic amines is 2. The Morgan fingerprint density at radius 3 is 1.82 bits per heavy atom. The second-order valence-corrected chi connectivity index (χ2v) is 15.4. The third kappa shape index (κ3) is 7.64. The number of hydrogen-bond acceptors (Lipinski definition) is 9. The van der Waals surface area contributed by atoms with E-state index in [1.54, 1.807) is 28.3 Å². The molecular weight excluding hydrogens is 735 g/mol. The molecule has 0 spiro atoms. The molecule has 2 aromatic heterocycles. The average Bonchev–Trinajstić information content (AvgIpc) is 4.05. The van der Waals surface area contributed by atoms with Crippen LogP contribution in [0.2, 0.25) is 0 Å². The first kappa shape index (κ1) is 39.3. The van der Waals surface area contributed by atoms with Crippen LogP contribution in [0.5, 0.6) is 5.75 Å². The minimum Gasteiger partial charge on any atom is -0.488 e. The second-order valence-electron chi connectivity index (χ2n) is 15.4. The number of benzene rings is 2. The summed E-state index contributed by atoms with van der Waals surface area (Å²) in [5.74, 6) is 0.673. The van der Waals surface area contributed by atoms with E-state index in [0.29, 0.717) is 53.7 Å². The number of hydrogen-bond donors (Lipinski definition) is 4. The van der Waals surface area contributed by atoms with E-state index in [2.05, 4.69) is 30.6 Å². The number of alkyl carbamates (subject to hydrolysis) is 2. The summed E-state index contributed by atoms with van der Waals surface area (Å²) >= 11 is 0. The molecule has 3 aliphatic heterocycles. The Bertz CT molecular complexity index is 2170. The minimum absolute atomic E-state index is 0.0190. The van der Waals surface area contributed by atoms with Crippen LogP contribution in [0.25, 0.3) is 33.6 Å². The van der Waals surface area contributed by atoms with Gasteiger partial charge < -0.3 is 44.6 Å². The van der Waals surface area contributed by atoms with Gasteiger partial charge in [0.1, 0.15) is 41.9 Å². The van der Waals surface area contributed by atoms with Gasteiger partial charge in [0.25, 0.3) is 0 Å². The van der Waals surface area contributed by atoms with Crippen LogP contribution >= 0.6 is 0 Å². The molecule has 0 unspecified atom stereocenters. The van der Waals surface area contributed by atoms with Gasteiger partial charge in [-0.3, -0.25) is 9.59 Å². The predicted molar refractivity (Wildman–Crippen MR) is 207 cm³/mol. The first-order valence-electron chi connectivity index (χ1n) is 19.4. The number of ether oxygens (including phenoxy) is 3. The van der Waals surface area contributed by atoms with Gasteiger partial charge in [0.05, 0.1) is 50.1 Å². The van der Waals surface area contributed by atoms with Crippen LogP contribution < -0.4 is 15.4 Å². The van der Waals surface area contributed by atoms with Gasteiger partial charge in [-0.1, -0.05) is 39.8 Å². The average molecular weight is 785 g/mol. The number of aromatic nitrogens is 4. The van der Waals surface area contributed by atoms with Gasteiger partial charge >= 0.3 is 12.2 Å². The predicted octanol–water partition coefficient (Wildman–Crippen LogP) is 6.25. The molecular formula is C41H49FN8O7. The van der Waals surface area contributed by atoms with Crippen molar-refractivity contribution in [2.45, 2.75) is 84.2 Å². The van der Waals surface area contributed by atoms with E-state index >= 15 is 4.39 Å². The summed E-state index contributed by atoms with van der Waals surface area (Å²) in [6, 6.07) is 7.21. The molecule has 0 radical (unpaired) electrons. The summed E-state index contributed by atoms with van der Waals surface area (Å²) in [6.45, 7) is 8.55. The zero-order chi connectivity index (χ0) is 40.5. The molecule has 0 aliphatic carbocycles. The van der Waals surface area contributed by atoms with Crippen molar-refractivity contribution in [3.05, 3.63) is 65.8 Å². The van der Waals surface area contributed by atoms with Gasteiger partial charge in [0.2, 0.25) is 11.8 Å². The largest absolute Gasteiger partial charge is 0.488 e. The van der Waals surface area contributed by atoms with Gasteiger partial charge in [-0.15, -0.1) is 0 Å². The molecule has 4 N–H and O–H groups in total. The Morgan fingerprint density at radius 2 is 1.28 bits per heavy atom. The zero-order valence-corrected chi connectivity index (χ0v) is 33.0. The van der Waals surface area contributed by atoms with Crippen LogP contribution in [0.3, 0.4) is 0 Å². The second kappa shape index (κ2) is 16.3. The molecule has 3 aliphatic rings. The van der Waals surface area contributed by atoms with Crippen molar-refractivity contribution >= 4 is 24.0 Å². The van der Waals surface area contributed by atoms with Crippen molar-refractivity contribution in [1.29, 1.82) is 0 Å². The smallest absolute Gasteiger partial charge is 0.407 e. The summed E-state index contributed by atoms with van der Waals surface area (Å²) in [6.07, 6.45) is 4.96. The summed E-state index contributed by atoms with van der Waals surface area (Å²) in [5.41, 5.74) is 4.28. The monoisotopic (exact) mass is 784 g/mol. The molecule has 0 bridgehead atoms. The molecule has 2 saturated heterocycles. The first-order valence-corrected chi connectivity index (χ1v) is 19.4. The summed E-state index contributed by atoms with van der Waals surface area (Å²) in [4.78, 5) is 70.5. The van der Waals surface area contributed by atoms with E-state index in [9.17, 15) is 19.2 Å². The zero-order valence-electron chi connectivity index (χ0n) is 33.0. The number of H-pyrrole nitrogens is 2. The van der Waals surface area contributed by atoms with Gasteiger partial charge in [-0.25, -0.2) is 23.9 Å². The third-order valence-electron chi connectivity index (χ3n) is 11.2. The third-order valence-corrected chi connectivity index (χ3v) is 11.2. The maximum absolute atomic E-state index is 16.3. The normalized spacial score (nSPS) is 18.5. The maximum atomic E-state index is 16.3. The standard InChI is InChI=1S/C41H49FN8O7/c1-21(2)34(47-40(53)55-5)38(51)49-15-7-9-30(49)36-43-18-28(45-36)23-11-12-25-24-13-14-26(33(42)27(24)20-57-32(25)17-23)29-19-44-37(46-29)31-10-8-16-50(31)39(52)35(22(3)4)48-41(54)56-6/h11-14,17-19,21-22,30-31,34-35H,7-10,15-16,20H2,1-6H3,(H,43,45)(H,44,46)(H,47,53)(H,48,54)/t30-,31-,34-,35-/m0/s1. The Hall–Kier alpha value is -5.93. The lowest BCUT2D eigenvalue weighted by Gasteiger charge is -2.30. The van der Waals surface area contributed by atoms with E-state index in [0.717, 1.165) is 41.6 Å². The fourth-order valence-corrected chi connectivity index (χ4v) is 8.09. The number of carbonyl (C=O) groups excluding carboxylic acids is 4. The number of amides is 4. The highest BCUT2D eigenvalue weighted by Crippen LogP contribution is 2.43. The van der Waals surface area contributed by atoms with Crippen molar-refractivity contribution in [3.8, 4) is 39.4 Å². The van der Waals surface area contributed by atoms with E-state index in [1.807, 2.05) is 52.0 Å². The number of carbonyl (C=O) groups is 4. The van der Waals surface area contributed by atoms with Crippen molar-refractivity contribution in [3.63, 3.8) is 0 Å². The summed E-state index contributed by atoms with van der Waals surface area (Å²) in [5, 5.41) is 5.33. The molecule has 16 heteroatoms. The minimum atomic E-state index is -0.761. The number of imidazole rings is 2. The molecule has 2 aromatic carbocycles. The molecule has 4 aromatic rings. The van der Waals surface area contributed by atoms with E-state index < -0.39 is 30.1 Å². The van der Waals surface area contributed by atoms with E-state index in [-0.39, 0.29) is 42.3 Å². The maximum Gasteiger partial charge on any atom is 0.407 e. The summed E-state index contributed by atoms with van der Waals surface area (Å²) < 4.78 is 32.0. The Morgan fingerprint density at radius 1 is 0.772 bits per heavy atom. The number of methoxy groups -OCH3 is 2.